The summed E-state index contributed by atoms with van der Waals surface area (Å²) in [5, 5.41) is 0.0636. The van der Waals surface area contributed by atoms with Gasteiger partial charge in [-0.15, -0.1) is 0 Å². The van der Waals surface area contributed by atoms with Gasteiger partial charge in [-0.1, -0.05) is 42.1 Å². The lowest BCUT2D eigenvalue weighted by Gasteiger charge is -2.32. The fraction of sp³-hybridized carbons (Fsp3) is 0.579. The Hall–Kier alpha value is -0.890. The Bertz CT molecular complexity index is 673. The van der Waals surface area contributed by atoms with E-state index in [1.807, 2.05) is 18.2 Å². The molecule has 0 saturated carbocycles. The molecule has 0 aliphatic carbocycles. The highest BCUT2D eigenvalue weighted by molar-refractivity contribution is 8.14. The van der Waals surface area contributed by atoms with Gasteiger partial charge in [-0.2, -0.15) is 9.48 Å². The topological polar surface area (TPSA) is 52.6 Å². The average molecular weight is 442 g/mol. The summed E-state index contributed by atoms with van der Waals surface area (Å²) in [7, 11) is 0. The van der Waals surface area contributed by atoms with Crippen molar-refractivity contribution in [3.63, 3.8) is 0 Å². The van der Waals surface area contributed by atoms with E-state index in [1.165, 1.54) is 17.3 Å². The number of thioether (sulfide) groups is 1. The molecule has 0 radical (unpaired) electrons. The molecule has 7 heteroatoms. The Balaban J connectivity index is 0.00000196. The molecule has 3 fully saturated rings. The van der Waals surface area contributed by atoms with Crippen molar-refractivity contribution < 1.29 is 40.8 Å². The van der Waals surface area contributed by atoms with Crippen LogP contribution in [0.2, 0.25) is 0 Å². The van der Waals surface area contributed by atoms with Gasteiger partial charge < -0.3 is 21.7 Å². The van der Waals surface area contributed by atoms with Crippen molar-refractivity contribution in [3.8, 4) is 0 Å². The first-order valence-corrected chi connectivity index (χ1v) is 9.90. The van der Waals surface area contributed by atoms with Crippen LogP contribution in [0.3, 0.4) is 0 Å². The highest BCUT2D eigenvalue weighted by Crippen LogP contribution is 2.48. The highest BCUT2D eigenvalue weighted by atomic mass is 79.9. The maximum absolute atomic E-state index is 12.7. The number of benzene rings is 1. The molecule has 1 aromatic carbocycles. The van der Waals surface area contributed by atoms with Gasteiger partial charge in [0.05, 0.1) is 6.61 Å². The van der Waals surface area contributed by atoms with Crippen LogP contribution in [-0.2, 0) is 25.7 Å². The lowest BCUT2D eigenvalue weighted by Crippen LogP contribution is -3.00. The van der Waals surface area contributed by atoms with Gasteiger partial charge in [-0.05, 0) is 6.42 Å². The van der Waals surface area contributed by atoms with Crippen LogP contribution in [0.25, 0.3) is 0 Å². The summed E-state index contributed by atoms with van der Waals surface area (Å²) < 4.78 is 5.98. The van der Waals surface area contributed by atoms with Gasteiger partial charge in [-0.25, -0.2) is 0 Å². The van der Waals surface area contributed by atoms with Crippen LogP contribution in [0.4, 0.5) is 0 Å². The van der Waals surface area contributed by atoms with Crippen LogP contribution in [0, 0.1) is 5.92 Å². The Labute approximate surface area is 168 Å². The number of nitrogens with zero attached hydrogens (tertiary/aromatic N) is 1. The molecule has 1 unspecified atom stereocenters. The predicted molar refractivity (Wildman–Crippen MR) is 94.3 cm³/mol. The van der Waals surface area contributed by atoms with Gasteiger partial charge in [0.15, 0.2) is 5.12 Å². The largest absolute Gasteiger partial charge is 1.00 e. The zero-order chi connectivity index (χ0) is 17.4. The second kappa shape index (κ2) is 8.00. The monoisotopic (exact) mass is 441 g/mol. The lowest BCUT2D eigenvalue weighted by molar-refractivity contribution is -1.11. The van der Waals surface area contributed by atoms with E-state index < -0.39 is 0 Å². The molecule has 26 heavy (non-hydrogen) atoms. The molecular weight excluding hydrogens is 418 g/mol. The molecule has 3 saturated heterocycles. The molecular formula is C19H24BrNO4S. The standard InChI is InChI=1S/C19H24NO4S.BrH/c1-13(21)25-16-9-11-23-19(22)17-15-8-5-10-20(15,24-18(16)17)12-14-6-3-2-4-7-14;/h2-4,6-7,15-18H,5,8-12H2,1H3;1H/q+1;/p-1/t15-,16+,17-,18-,20?;/m1./s1. The van der Waals surface area contributed by atoms with Gasteiger partial charge in [0, 0.05) is 30.6 Å². The number of hydrogen-bond acceptors (Lipinski definition) is 5. The first kappa shape index (κ1) is 19.9. The van der Waals surface area contributed by atoms with Gasteiger partial charge in [0.2, 0.25) is 0 Å². The minimum Gasteiger partial charge on any atom is -1.00 e. The highest BCUT2D eigenvalue weighted by Gasteiger charge is 2.64. The summed E-state index contributed by atoms with van der Waals surface area (Å²) in [6.07, 6.45) is 2.46. The smallest absolute Gasteiger partial charge is 0.318 e. The molecule has 0 amide bonds. The van der Waals surface area contributed by atoms with Crippen LogP contribution in [-0.4, -0.2) is 46.3 Å². The molecule has 0 bridgehead atoms. The first-order chi connectivity index (χ1) is 12.1. The minimum atomic E-state index is -0.259. The summed E-state index contributed by atoms with van der Waals surface area (Å²) in [4.78, 5) is 31.0. The third kappa shape index (κ3) is 3.59. The van der Waals surface area contributed by atoms with E-state index in [4.69, 9.17) is 9.57 Å². The number of fused-ring (bicyclic) bond motifs is 3. The third-order valence-electron chi connectivity index (χ3n) is 5.64. The average Bonchev–Trinajstić information content (AvgIpc) is 3.05. The third-order valence-corrected chi connectivity index (χ3v) is 6.78. The second-order valence-corrected chi connectivity index (χ2v) is 8.65. The fourth-order valence-electron chi connectivity index (χ4n) is 4.69. The Kier molecular flexibility index (Phi) is 6.11. The van der Waals surface area contributed by atoms with E-state index in [1.54, 1.807) is 6.92 Å². The number of carbonyl (C=O) groups is 2. The number of rotatable bonds is 3. The number of esters is 1. The number of carbonyl (C=O) groups excluding carboxylic acids is 2. The van der Waals surface area contributed by atoms with Crippen molar-refractivity contribution in [1.29, 1.82) is 0 Å². The Morgan fingerprint density at radius 3 is 2.77 bits per heavy atom. The maximum atomic E-state index is 12.7. The van der Waals surface area contributed by atoms with Crippen molar-refractivity contribution in [1.82, 2.24) is 0 Å². The molecule has 0 spiro atoms. The number of cyclic esters (lactones) is 1. The molecule has 1 aromatic rings. The number of ether oxygens (including phenoxy) is 1. The van der Waals surface area contributed by atoms with Crippen molar-refractivity contribution >= 4 is 22.8 Å². The number of halogens is 1. The zero-order valence-electron chi connectivity index (χ0n) is 14.8. The number of hydrogen-bond donors (Lipinski definition) is 0. The van der Waals surface area contributed by atoms with Crippen LogP contribution in [0.1, 0.15) is 31.7 Å². The van der Waals surface area contributed by atoms with Crippen molar-refractivity contribution in [3.05, 3.63) is 35.9 Å². The fourth-order valence-corrected chi connectivity index (χ4v) is 5.68. The van der Waals surface area contributed by atoms with Gasteiger partial charge in [-0.3, -0.25) is 9.59 Å². The van der Waals surface area contributed by atoms with Gasteiger partial charge >= 0.3 is 5.97 Å². The molecule has 4 rings (SSSR count). The van der Waals surface area contributed by atoms with E-state index in [9.17, 15) is 9.59 Å². The number of quaternary nitrogens is 1. The summed E-state index contributed by atoms with van der Waals surface area (Å²) in [5.74, 6) is -0.401. The Morgan fingerprint density at radius 1 is 1.27 bits per heavy atom. The quantitative estimate of drug-likeness (QED) is 0.475. The maximum Gasteiger partial charge on any atom is 0.318 e. The molecule has 0 aromatic heterocycles. The summed E-state index contributed by atoms with van der Waals surface area (Å²) >= 11 is 1.30. The molecule has 0 N–H and O–H groups in total. The number of hydroxylamine groups is 3. The van der Waals surface area contributed by atoms with Crippen LogP contribution < -0.4 is 17.0 Å². The van der Waals surface area contributed by atoms with E-state index in [-0.39, 0.29) is 51.4 Å². The van der Waals surface area contributed by atoms with Crippen LogP contribution in [0.5, 0.6) is 0 Å². The minimum absolute atomic E-state index is 0. The van der Waals surface area contributed by atoms with E-state index in [0.717, 1.165) is 25.9 Å². The molecule has 3 aliphatic heterocycles. The lowest BCUT2D eigenvalue weighted by atomic mass is 9.91. The zero-order valence-corrected chi connectivity index (χ0v) is 17.2. The normalized spacial score (nSPS) is 35.7. The molecule has 5 nitrogen and oxygen atoms in total. The van der Waals surface area contributed by atoms with Gasteiger partial charge in [0.1, 0.15) is 31.2 Å². The van der Waals surface area contributed by atoms with E-state index in [0.29, 0.717) is 17.7 Å². The predicted octanol–water partition coefficient (Wildman–Crippen LogP) is -0.305. The summed E-state index contributed by atoms with van der Waals surface area (Å²) in [6, 6.07) is 10.4. The molecule has 5 atom stereocenters. The van der Waals surface area contributed by atoms with Gasteiger partial charge in [0.25, 0.3) is 0 Å². The first-order valence-electron chi connectivity index (χ1n) is 9.02. The van der Waals surface area contributed by atoms with E-state index >= 15 is 0 Å². The van der Waals surface area contributed by atoms with Crippen LogP contribution in [0.15, 0.2) is 30.3 Å². The van der Waals surface area contributed by atoms with Crippen LogP contribution >= 0.6 is 11.8 Å². The summed E-state index contributed by atoms with van der Waals surface area (Å²) in [6.45, 7) is 3.64. The van der Waals surface area contributed by atoms with Crippen molar-refractivity contribution in [2.45, 2.75) is 50.1 Å². The second-order valence-electron chi connectivity index (χ2n) is 7.23. The van der Waals surface area contributed by atoms with Crippen molar-refractivity contribution in [2.24, 2.45) is 5.92 Å². The summed E-state index contributed by atoms with van der Waals surface area (Å²) in [5.41, 5.74) is 1.22. The molecule has 3 heterocycles. The Morgan fingerprint density at radius 2 is 2.04 bits per heavy atom. The van der Waals surface area contributed by atoms with E-state index in [2.05, 4.69) is 12.1 Å². The van der Waals surface area contributed by atoms with Crippen molar-refractivity contribution in [2.75, 3.05) is 13.2 Å². The molecule has 3 aliphatic rings. The SMILES string of the molecule is CC(=O)S[C@H]1CCOC(=O)[C@H]2[C@@H]1O[N+]1(Cc3ccccc3)CCC[C@H]21.[Br-]. The molecule has 142 valence electrons.